The van der Waals surface area contributed by atoms with Crippen LogP contribution >= 0.6 is 0 Å². The van der Waals surface area contributed by atoms with Crippen molar-refractivity contribution in [2.75, 3.05) is 13.2 Å². The van der Waals surface area contributed by atoms with Crippen molar-refractivity contribution in [1.29, 1.82) is 0 Å². The molecule has 1 aromatic carbocycles. The van der Waals surface area contributed by atoms with E-state index in [1.54, 1.807) is 24.3 Å². The fourth-order valence-corrected chi connectivity index (χ4v) is 1.53. The number of carbonyl (C=O) groups is 1. The van der Waals surface area contributed by atoms with E-state index in [-0.39, 0.29) is 12.5 Å². The highest BCUT2D eigenvalue weighted by Crippen LogP contribution is 2.13. The van der Waals surface area contributed by atoms with Gasteiger partial charge in [0.25, 0.3) is 5.91 Å². The number of ether oxygens (including phenoxy) is 1. The molecule has 1 N–H and O–H groups in total. The van der Waals surface area contributed by atoms with Gasteiger partial charge in [-0.1, -0.05) is 31.8 Å². The van der Waals surface area contributed by atoms with E-state index in [1.165, 1.54) is 0 Å². The summed E-state index contributed by atoms with van der Waals surface area (Å²) in [5.74, 6) is 2.94. The molecule has 0 aliphatic carbocycles. The van der Waals surface area contributed by atoms with E-state index in [0.29, 0.717) is 17.9 Å². The molecule has 0 aromatic heterocycles. The van der Waals surface area contributed by atoms with Crippen molar-refractivity contribution in [3.05, 3.63) is 29.8 Å². The Morgan fingerprint density at radius 3 is 3.00 bits per heavy atom. The molecule has 0 atom stereocenters. The van der Waals surface area contributed by atoms with Crippen molar-refractivity contribution < 1.29 is 9.53 Å². The first-order valence-corrected chi connectivity index (χ1v) is 6.22. The average molecular weight is 245 g/mol. The molecular formula is C15H19NO2. The Morgan fingerprint density at radius 1 is 1.44 bits per heavy atom. The molecule has 96 valence electrons. The lowest BCUT2D eigenvalue weighted by Gasteiger charge is -2.07. The number of terminal acetylenes is 1. The Labute approximate surface area is 109 Å². The van der Waals surface area contributed by atoms with E-state index in [2.05, 4.69) is 18.2 Å². The minimum atomic E-state index is -0.0720. The van der Waals surface area contributed by atoms with E-state index in [9.17, 15) is 4.79 Å². The lowest BCUT2D eigenvalue weighted by atomic mass is 10.2. The summed E-state index contributed by atoms with van der Waals surface area (Å²) in [6, 6.07) is 7.03. The Morgan fingerprint density at radius 2 is 2.28 bits per heavy atom. The molecule has 18 heavy (non-hydrogen) atoms. The minimum Gasteiger partial charge on any atom is -0.481 e. The quantitative estimate of drug-likeness (QED) is 0.592. The van der Waals surface area contributed by atoms with Crippen LogP contribution in [0.3, 0.4) is 0 Å². The van der Waals surface area contributed by atoms with Gasteiger partial charge in [0.15, 0.2) is 0 Å². The van der Waals surface area contributed by atoms with Gasteiger partial charge < -0.3 is 10.1 Å². The fraction of sp³-hybridized carbons (Fsp3) is 0.400. The van der Waals surface area contributed by atoms with Gasteiger partial charge in [-0.15, -0.1) is 6.42 Å². The van der Waals surface area contributed by atoms with E-state index >= 15 is 0 Å². The Hall–Kier alpha value is -1.95. The van der Waals surface area contributed by atoms with Gasteiger partial charge in [-0.05, 0) is 24.6 Å². The summed E-state index contributed by atoms with van der Waals surface area (Å²) in [5, 5.41) is 2.88. The molecule has 0 aliphatic heterocycles. The van der Waals surface area contributed by atoms with Crippen LogP contribution in [0, 0.1) is 12.3 Å². The zero-order chi connectivity index (χ0) is 13.2. The number of unbranched alkanes of at least 4 members (excludes halogenated alkanes) is 2. The first-order valence-electron chi connectivity index (χ1n) is 6.22. The summed E-state index contributed by atoms with van der Waals surface area (Å²) in [5.41, 5.74) is 0.598. The summed E-state index contributed by atoms with van der Waals surface area (Å²) in [4.78, 5) is 11.8. The number of carbonyl (C=O) groups excluding carboxylic acids is 1. The zero-order valence-electron chi connectivity index (χ0n) is 10.7. The van der Waals surface area contributed by atoms with Crippen LogP contribution in [0.2, 0.25) is 0 Å². The van der Waals surface area contributed by atoms with Crippen LogP contribution in [0.1, 0.15) is 36.5 Å². The number of benzene rings is 1. The van der Waals surface area contributed by atoms with E-state index in [4.69, 9.17) is 11.2 Å². The largest absolute Gasteiger partial charge is 0.481 e. The molecule has 0 spiro atoms. The van der Waals surface area contributed by atoms with Crippen LogP contribution in [0.5, 0.6) is 5.75 Å². The van der Waals surface area contributed by atoms with Gasteiger partial charge in [0.2, 0.25) is 0 Å². The molecule has 0 aliphatic rings. The molecule has 0 unspecified atom stereocenters. The lowest BCUT2D eigenvalue weighted by molar-refractivity contribution is 0.0952. The predicted molar refractivity (Wildman–Crippen MR) is 72.6 cm³/mol. The molecule has 1 aromatic rings. The van der Waals surface area contributed by atoms with Crippen LogP contribution in [-0.2, 0) is 0 Å². The molecule has 3 heteroatoms. The highest BCUT2D eigenvalue weighted by atomic mass is 16.5. The van der Waals surface area contributed by atoms with Gasteiger partial charge in [-0.25, -0.2) is 0 Å². The van der Waals surface area contributed by atoms with E-state index in [1.807, 2.05) is 0 Å². The second kappa shape index (κ2) is 8.19. The lowest BCUT2D eigenvalue weighted by Crippen LogP contribution is -2.24. The highest BCUT2D eigenvalue weighted by molar-refractivity contribution is 5.94. The molecule has 0 radical (unpaired) electrons. The van der Waals surface area contributed by atoms with Crippen molar-refractivity contribution in [3.63, 3.8) is 0 Å². The molecular weight excluding hydrogens is 226 g/mol. The van der Waals surface area contributed by atoms with E-state index in [0.717, 1.165) is 19.3 Å². The summed E-state index contributed by atoms with van der Waals surface area (Å²) < 4.78 is 5.27. The smallest absolute Gasteiger partial charge is 0.251 e. The van der Waals surface area contributed by atoms with Crippen LogP contribution in [0.4, 0.5) is 0 Å². The summed E-state index contributed by atoms with van der Waals surface area (Å²) >= 11 is 0. The number of amides is 1. The third kappa shape index (κ3) is 4.92. The third-order valence-electron chi connectivity index (χ3n) is 2.48. The summed E-state index contributed by atoms with van der Waals surface area (Å²) in [6.07, 6.45) is 8.40. The second-order valence-corrected chi connectivity index (χ2v) is 3.98. The zero-order valence-corrected chi connectivity index (χ0v) is 10.7. The van der Waals surface area contributed by atoms with Crippen LogP contribution < -0.4 is 10.1 Å². The summed E-state index contributed by atoms with van der Waals surface area (Å²) in [7, 11) is 0. The maximum Gasteiger partial charge on any atom is 0.251 e. The topological polar surface area (TPSA) is 38.3 Å². The van der Waals surface area contributed by atoms with E-state index < -0.39 is 0 Å². The minimum absolute atomic E-state index is 0.0720. The number of nitrogens with one attached hydrogen (secondary N) is 1. The average Bonchev–Trinajstić information content (AvgIpc) is 2.41. The molecule has 1 amide bonds. The van der Waals surface area contributed by atoms with Gasteiger partial charge >= 0.3 is 0 Å². The Bertz CT molecular complexity index is 421. The van der Waals surface area contributed by atoms with Crippen LogP contribution in [0.15, 0.2) is 24.3 Å². The van der Waals surface area contributed by atoms with Gasteiger partial charge in [0.1, 0.15) is 12.4 Å². The first kappa shape index (κ1) is 14.1. The number of hydrogen-bond donors (Lipinski definition) is 1. The van der Waals surface area contributed by atoms with Crippen molar-refractivity contribution >= 4 is 5.91 Å². The summed E-state index contributed by atoms with van der Waals surface area (Å²) in [6.45, 7) is 3.05. The SMILES string of the molecule is C#CCOc1cccc(C(=O)NCCCCC)c1. The molecule has 3 nitrogen and oxygen atoms in total. The molecule has 0 saturated heterocycles. The van der Waals surface area contributed by atoms with Crippen molar-refractivity contribution in [1.82, 2.24) is 5.32 Å². The molecule has 0 bridgehead atoms. The molecule has 1 rings (SSSR count). The first-order chi connectivity index (χ1) is 8.77. The Balaban J connectivity index is 2.49. The maximum absolute atomic E-state index is 11.8. The highest BCUT2D eigenvalue weighted by Gasteiger charge is 2.05. The predicted octanol–water partition coefficient (Wildman–Crippen LogP) is 2.62. The van der Waals surface area contributed by atoms with Crippen molar-refractivity contribution in [3.8, 4) is 18.1 Å². The molecule has 0 fully saturated rings. The number of rotatable bonds is 7. The van der Waals surface area contributed by atoms with Gasteiger partial charge in [-0.2, -0.15) is 0 Å². The molecule has 0 heterocycles. The third-order valence-corrected chi connectivity index (χ3v) is 2.48. The van der Waals surface area contributed by atoms with Crippen LogP contribution in [-0.4, -0.2) is 19.1 Å². The van der Waals surface area contributed by atoms with Crippen molar-refractivity contribution in [2.45, 2.75) is 26.2 Å². The Kier molecular flexibility index (Phi) is 6.42. The normalized spacial score (nSPS) is 9.56. The standard InChI is InChI=1S/C15H19NO2/c1-3-5-6-10-16-15(17)13-8-7-9-14(12-13)18-11-4-2/h2,7-9,12H,3,5-6,10-11H2,1H3,(H,16,17). The van der Waals surface area contributed by atoms with Crippen molar-refractivity contribution in [2.24, 2.45) is 0 Å². The number of hydrogen-bond acceptors (Lipinski definition) is 2. The maximum atomic E-state index is 11.8. The van der Waals surface area contributed by atoms with Crippen LogP contribution in [0.25, 0.3) is 0 Å². The van der Waals surface area contributed by atoms with Gasteiger partial charge in [0.05, 0.1) is 0 Å². The monoisotopic (exact) mass is 245 g/mol. The molecule has 0 saturated carbocycles. The fourth-order valence-electron chi connectivity index (χ4n) is 1.53. The van der Waals surface area contributed by atoms with Gasteiger partial charge in [0, 0.05) is 12.1 Å². The second-order valence-electron chi connectivity index (χ2n) is 3.98. The van der Waals surface area contributed by atoms with Gasteiger partial charge in [-0.3, -0.25) is 4.79 Å².